The number of nitrogens with zero attached hydrogens (tertiary/aromatic N) is 1. The van der Waals surface area contributed by atoms with Gasteiger partial charge in [-0.3, -0.25) is 9.69 Å². The summed E-state index contributed by atoms with van der Waals surface area (Å²) in [6, 6.07) is 10.3. The summed E-state index contributed by atoms with van der Waals surface area (Å²) >= 11 is 0. The first-order valence-electron chi connectivity index (χ1n) is 13.6. The Balaban J connectivity index is 1.21. The molecular formula is C31H35NO5. The van der Waals surface area contributed by atoms with Crippen molar-refractivity contribution in [3.05, 3.63) is 63.5 Å². The summed E-state index contributed by atoms with van der Waals surface area (Å²) in [7, 11) is 1.69. The van der Waals surface area contributed by atoms with Crippen LogP contribution in [0.2, 0.25) is 0 Å². The lowest BCUT2D eigenvalue weighted by atomic mass is 9.91. The zero-order valence-electron chi connectivity index (χ0n) is 21.6. The van der Waals surface area contributed by atoms with Gasteiger partial charge in [0, 0.05) is 41.8 Å². The van der Waals surface area contributed by atoms with Crippen LogP contribution in [-0.2, 0) is 16.0 Å². The zero-order valence-corrected chi connectivity index (χ0v) is 21.6. The average Bonchev–Trinajstić information content (AvgIpc) is 3.09. The third-order valence-electron chi connectivity index (χ3n) is 7.91. The summed E-state index contributed by atoms with van der Waals surface area (Å²) in [6.45, 7) is 5.10. The number of allylic oxidation sites excluding steroid dienone is 1. The molecule has 0 aromatic heterocycles. The first-order valence-corrected chi connectivity index (χ1v) is 13.6. The third-order valence-corrected chi connectivity index (χ3v) is 7.91. The van der Waals surface area contributed by atoms with Gasteiger partial charge in [-0.05, 0) is 66.9 Å². The summed E-state index contributed by atoms with van der Waals surface area (Å²) in [6.07, 6.45) is 9.60. The van der Waals surface area contributed by atoms with Crippen molar-refractivity contribution < 1.29 is 23.7 Å². The van der Waals surface area contributed by atoms with Crippen molar-refractivity contribution in [3.8, 4) is 17.2 Å². The van der Waals surface area contributed by atoms with Crippen LogP contribution in [0.5, 0.6) is 17.2 Å². The smallest absolute Gasteiger partial charge is 0.160 e. The Hall–Kier alpha value is -3.09. The van der Waals surface area contributed by atoms with Gasteiger partial charge in [-0.15, -0.1) is 0 Å². The van der Waals surface area contributed by atoms with Crippen LogP contribution in [0.1, 0.15) is 49.3 Å². The van der Waals surface area contributed by atoms with E-state index in [9.17, 15) is 4.79 Å². The molecule has 2 fully saturated rings. The normalized spacial score (nSPS) is 21.4. The minimum absolute atomic E-state index is 0.0916. The van der Waals surface area contributed by atoms with Crippen LogP contribution in [0.15, 0.2) is 42.0 Å². The van der Waals surface area contributed by atoms with E-state index in [0.29, 0.717) is 32.7 Å². The van der Waals surface area contributed by atoms with Gasteiger partial charge in [0.25, 0.3) is 0 Å². The molecule has 1 atom stereocenters. The molecule has 2 aromatic carbocycles. The van der Waals surface area contributed by atoms with Gasteiger partial charge in [0.05, 0.1) is 26.4 Å². The molecule has 3 heterocycles. The number of hydrogen-bond acceptors (Lipinski definition) is 6. The van der Waals surface area contributed by atoms with E-state index in [1.54, 1.807) is 13.2 Å². The van der Waals surface area contributed by atoms with Gasteiger partial charge < -0.3 is 18.9 Å². The highest BCUT2D eigenvalue weighted by Gasteiger charge is 2.29. The molecule has 0 radical (unpaired) electrons. The number of likely N-dealkylation sites (tertiary alicyclic amines) is 1. The topological polar surface area (TPSA) is 57.2 Å². The van der Waals surface area contributed by atoms with Gasteiger partial charge >= 0.3 is 0 Å². The van der Waals surface area contributed by atoms with Crippen molar-refractivity contribution in [2.75, 3.05) is 46.6 Å². The number of carbonyl (C=O) groups is 1. The molecule has 6 nitrogen and oxygen atoms in total. The molecule has 4 aliphatic rings. The summed E-state index contributed by atoms with van der Waals surface area (Å²) in [5, 5.41) is 1.97. The van der Waals surface area contributed by atoms with Gasteiger partial charge in [-0.2, -0.15) is 0 Å². The molecule has 2 aromatic rings. The quantitative estimate of drug-likeness (QED) is 0.604. The van der Waals surface area contributed by atoms with E-state index in [4.69, 9.17) is 18.9 Å². The molecule has 1 aliphatic carbocycles. The Morgan fingerprint density at radius 3 is 2.76 bits per heavy atom. The van der Waals surface area contributed by atoms with Crippen LogP contribution < -0.4 is 24.6 Å². The minimum atomic E-state index is -0.111. The van der Waals surface area contributed by atoms with Crippen LogP contribution >= 0.6 is 0 Å². The SMILES string of the molecule is COc1cc2c(c3c1=C1CO[C@@H](c4ccc(OCCN5CCCCC5)cc4)CC1=CC(=O)C3)OCCC=2. The maximum absolute atomic E-state index is 13.0. The molecular weight excluding hydrogens is 466 g/mol. The predicted octanol–water partition coefficient (Wildman–Crippen LogP) is 3.49. The standard InChI is InChI=1S/C31H35NO5/c1-34-29-17-22-6-5-14-36-31(22)26-19-24(33)16-23-18-28(37-20-27(23)30(26)29)21-7-9-25(10-8-21)35-15-13-32-11-3-2-4-12-32/h6-10,16-17,28H,2-5,11-15,18-20H2,1H3/t28-/m1/s1. The van der Waals surface area contributed by atoms with E-state index in [1.165, 1.54) is 32.4 Å². The number of rotatable bonds is 6. The molecule has 0 unspecified atom stereocenters. The fourth-order valence-electron chi connectivity index (χ4n) is 6.00. The molecule has 0 amide bonds. The number of ether oxygens (including phenoxy) is 4. The van der Waals surface area contributed by atoms with Crippen LogP contribution in [0.4, 0.5) is 0 Å². The second-order valence-corrected chi connectivity index (χ2v) is 10.3. The predicted molar refractivity (Wildman–Crippen MR) is 143 cm³/mol. The first kappa shape index (κ1) is 24.3. The molecule has 0 bridgehead atoms. The lowest BCUT2D eigenvalue weighted by molar-refractivity contribution is -0.114. The Labute approximate surface area is 218 Å². The van der Waals surface area contributed by atoms with Crippen LogP contribution in [0.25, 0.3) is 11.6 Å². The highest BCUT2D eigenvalue weighted by Crippen LogP contribution is 2.37. The van der Waals surface area contributed by atoms with E-state index in [1.807, 2.05) is 18.2 Å². The number of hydrogen-bond donors (Lipinski definition) is 0. The van der Waals surface area contributed by atoms with Gasteiger partial charge in [0.1, 0.15) is 23.9 Å². The van der Waals surface area contributed by atoms with E-state index in [2.05, 4.69) is 23.1 Å². The van der Waals surface area contributed by atoms with Crippen molar-refractivity contribution in [2.45, 2.75) is 44.6 Å². The minimum Gasteiger partial charge on any atom is -0.496 e. The Morgan fingerprint density at radius 2 is 1.95 bits per heavy atom. The molecule has 37 heavy (non-hydrogen) atoms. The number of methoxy groups -OCH3 is 1. The van der Waals surface area contributed by atoms with Crippen molar-refractivity contribution in [2.24, 2.45) is 0 Å². The summed E-state index contributed by atoms with van der Waals surface area (Å²) in [4.78, 5) is 15.5. The summed E-state index contributed by atoms with van der Waals surface area (Å²) < 4.78 is 24.2. The van der Waals surface area contributed by atoms with Crippen LogP contribution in [0, 0.1) is 0 Å². The van der Waals surface area contributed by atoms with Crippen molar-refractivity contribution in [3.63, 3.8) is 0 Å². The van der Waals surface area contributed by atoms with E-state index in [0.717, 1.165) is 62.9 Å². The Morgan fingerprint density at radius 1 is 1.11 bits per heavy atom. The third kappa shape index (κ3) is 5.05. The first-order chi connectivity index (χ1) is 18.2. The molecule has 2 saturated heterocycles. The molecule has 6 heteroatoms. The van der Waals surface area contributed by atoms with Crippen LogP contribution in [0.3, 0.4) is 0 Å². The lowest BCUT2D eigenvalue weighted by Gasteiger charge is -2.28. The molecule has 6 rings (SSSR count). The number of piperidine rings is 1. The highest BCUT2D eigenvalue weighted by molar-refractivity contribution is 5.97. The second kappa shape index (κ2) is 10.7. The largest absolute Gasteiger partial charge is 0.496 e. The summed E-state index contributed by atoms with van der Waals surface area (Å²) in [5.41, 5.74) is 4.07. The molecule has 0 saturated carbocycles. The number of benzene rings is 2. The fourth-order valence-corrected chi connectivity index (χ4v) is 6.00. The molecule has 194 valence electrons. The van der Waals surface area contributed by atoms with E-state index in [-0.39, 0.29) is 11.9 Å². The van der Waals surface area contributed by atoms with Gasteiger partial charge in [0.2, 0.25) is 0 Å². The molecule has 0 spiro atoms. The number of fused-ring (bicyclic) bond motifs is 4. The summed E-state index contributed by atoms with van der Waals surface area (Å²) in [5.74, 6) is 2.57. The maximum Gasteiger partial charge on any atom is 0.160 e. The average molecular weight is 502 g/mol. The maximum atomic E-state index is 13.0. The van der Waals surface area contributed by atoms with Gasteiger partial charge in [-0.1, -0.05) is 24.6 Å². The van der Waals surface area contributed by atoms with Crippen molar-refractivity contribution in [1.82, 2.24) is 4.90 Å². The Bertz CT molecular complexity index is 1320. The zero-order chi connectivity index (χ0) is 25.2. The van der Waals surface area contributed by atoms with Gasteiger partial charge in [0.15, 0.2) is 5.78 Å². The molecule has 3 aliphatic heterocycles. The number of ketones is 1. The van der Waals surface area contributed by atoms with E-state index < -0.39 is 0 Å². The highest BCUT2D eigenvalue weighted by atomic mass is 16.5. The van der Waals surface area contributed by atoms with Crippen molar-refractivity contribution >= 4 is 17.4 Å². The van der Waals surface area contributed by atoms with Crippen LogP contribution in [-0.4, -0.2) is 57.2 Å². The Kier molecular flexibility index (Phi) is 7.03. The van der Waals surface area contributed by atoms with Gasteiger partial charge in [-0.25, -0.2) is 0 Å². The fraction of sp³-hybridized carbons (Fsp3) is 0.452. The van der Waals surface area contributed by atoms with E-state index >= 15 is 0 Å². The number of carbonyl (C=O) groups excluding carboxylic acids is 1. The second-order valence-electron chi connectivity index (χ2n) is 10.3. The van der Waals surface area contributed by atoms with Crippen molar-refractivity contribution in [1.29, 1.82) is 0 Å². The monoisotopic (exact) mass is 501 g/mol. The lowest BCUT2D eigenvalue weighted by Crippen LogP contribution is -2.33. The molecule has 0 N–H and O–H groups in total.